The van der Waals surface area contributed by atoms with Gasteiger partial charge in [0, 0.05) is 17.8 Å². The van der Waals surface area contributed by atoms with Crippen LogP contribution >= 0.6 is 9.39 Å². The van der Waals surface area contributed by atoms with Gasteiger partial charge >= 0.3 is 0 Å². The van der Waals surface area contributed by atoms with Crippen molar-refractivity contribution in [3.8, 4) is 0 Å². The van der Waals surface area contributed by atoms with Crippen molar-refractivity contribution in [1.29, 1.82) is 0 Å². The third kappa shape index (κ3) is 1.51. The molecular formula is C10H11N2OP. The molecule has 2 N–H and O–H groups in total. The molecule has 0 saturated carbocycles. The van der Waals surface area contributed by atoms with Crippen LogP contribution in [0.2, 0.25) is 0 Å². The predicted molar refractivity (Wildman–Crippen MR) is 60.6 cm³/mol. The minimum absolute atomic E-state index is 0.00926. The van der Waals surface area contributed by atoms with Gasteiger partial charge in [0.05, 0.1) is 0 Å². The van der Waals surface area contributed by atoms with Crippen LogP contribution in [0.25, 0.3) is 6.08 Å². The highest BCUT2D eigenvalue weighted by Crippen LogP contribution is 2.21. The zero-order chi connectivity index (χ0) is 10.1. The van der Waals surface area contributed by atoms with E-state index in [0.717, 1.165) is 5.56 Å². The van der Waals surface area contributed by atoms with Crippen molar-refractivity contribution in [2.45, 2.75) is 0 Å². The molecule has 0 bridgehead atoms. The Labute approximate surface area is 84.8 Å². The second-order valence-electron chi connectivity index (χ2n) is 3.21. The number of nitrogen functional groups attached to an aromatic ring is 1. The fourth-order valence-electron chi connectivity index (χ4n) is 1.44. The highest BCUT2D eigenvalue weighted by atomic mass is 31.0. The molecule has 1 amide bonds. The second kappa shape index (κ2) is 3.43. The Kier molecular flexibility index (Phi) is 2.26. The third-order valence-electron chi connectivity index (χ3n) is 2.17. The van der Waals surface area contributed by atoms with Gasteiger partial charge in [-0.3, -0.25) is 4.79 Å². The molecule has 4 heteroatoms. The molecule has 1 unspecified atom stereocenters. The monoisotopic (exact) mass is 206 g/mol. The molecule has 72 valence electrons. The summed E-state index contributed by atoms with van der Waals surface area (Å²) >= 11 is 0. The van der Waals surface area contributed by atoms with Gasteiger partial charge in [-0.25, -0.2) is 0 Å². The number of anilines is 1. The molecule has 0 aliphatic carbocycles. The number of fused-ring (bicyclic) bond motifs is 1. The number of benzene rings is 1. The number of carbonyl (C=O) groups excluding carboxylic acids is 1. The van der Waals surface area contributed by atoms with E-state index in [2.05, 4.69) is 9.39 Å². The predicted octanol–water partition coefficient (Wildman–Crippen LogP) is 1.53. The molecular weight excluding hydrogens is 195 g/mol. The Balaban J connectivity index is 2.56. The lowest BCUT2D eigenvalue weighted by molar-refractivity contribution is 0.0881. The lowest BCUT2D eigenvalue weighted by Crippen LogP contribution is -2.20. The molecule has 1 aliphatic rings. The van der Waals surface area contributed by atoms with Crippen LogP contribution in [0.3, 0.4) is 0 Å². The van der Waals surface area contributed by atoms with Crippen molar-refractivity contribution in [2.24, 2.45) is 0 Å². The molecule has 1 atom stereocenters. The van der Waals surface area contributed by atoms with Gasteiger partial charge < -0.3 is 10.4 Å². The molecule has 3 nitrogen and oxygen atoms in total. The molecule has 2 rings (SSSR count). The smallest absolute Gasteiger partial charge is 0.257 e. The fraction of sp³-hybridized carbons (Fsp3) is 0.100. The van der Waals surface area contributed by atoms with Crippen LogP contribution in [0.1, 0.15) is 15.9 Å². The summed E-state index contributed by atoms with van der Waals surface area (Å²) in [6.45, 7) is 0.609. The van der Waals surface area contributed by atoms with Crippen molar-refractivity contribution in [1.82, 2.24) is 4.67 Å². The van der Waals surface area contributed by atoms with Gasteiger partial charge in [-0.1, -0.05) is 12.2 Å². The van der Waals surface area contributed by atoms with Crippen molar-refractivity contribution in [2.75, 3.05) is 12.3 Å². The number of nitrogens with two attached hydrogens (primary N) is 1. The first-order valence-electron chi connectivity index (χ1n) is 4.31. The zero-order valence-corrected chi connectivity index (χ0v) is 8.76. The minimum atomic E-state index is 0.00926. The summed E-state index contributed by atoms with van der Waals surface area (Å²) < 4.78 is 1.60. The number of hydrogen-bond acceptors (Lipinski definition) is 2. The summed E-state index contributed by atoms with van der Waals surface area (Å²) in [5.74, 6) is 0.00926. The van der Waals surface area contributed by atoms with E-state index in [9.17, 15) is 4.79 Å². The zero-order valence-electron chi connectivity index (χ0n) is 7.60. The molecule has 1 aliphatic heterocycles. The molecule has 14 heavy (non-hydrogen) atoms. The Morgan fingerprint density at radius 1 is 1.43 bits per heavy atom. The van der Waals surface area contributed by atoms with E-state index < -0.39 is 0 Å². The third-order valence-corrected chi connectivity index (χ3v) is 2.61. The van der Waals surface area contributed by atoms with Gasteiger partial charge in [0.2, 0.25) is 0 Å². The van der Waals surface area contributed by atoms with Gasteiger partial charge in [-0.2, -0.15) is 0 Å². The molecule has 0 aromatic heterocycles. The van der Waals surface area contributed by atoms with Gasteiger partial charge in [-0.15, -0.1) is 0 Å². The van der Waals surface area contributed by atoms with Gasteiger partial charge in [0.15, 0.2) is 0 Å². The van der Waals surface area contributed by atoms with Crippen LogP contribution < -0.4 is 5.73 Å². The number of rotatable bonds is 0. The summed E-state index contributed by atoms with van der Waals surface area (Å²) in [4.78, 5) is 11.8. The summed E-state index contributed by atoms with van der Waals surface area (Å²) in [6, 6.07) is 5.32. The van der Waals surface area contributed by atoms with E-state index in [4.69, 9.17) is 5.73 Å². The van der Waals surface area contributed by atoms with Crippen molar-refractivity contribution in [3.63, 3.8) is 0 Å². The summed E-state index contributed by atoms with van der Waals surface area (Å²) in [7, 11) is 2.41. The van der Waals surface area contributed by atoms with E-state index in [-0.39, 0.29) is 5.91 Å². The Morgan fingerprint density at radius 2 is 2.21 bits per heavy atom. The lowest BCUT2D eigenvalue weighted by Gasteiger charge is -2.13. The maximum Gasteiger partial charge on any atom is 0.257 e. The first-order chi connectivity index (χ1) is 6.68. The average Bonchev–Trinajstić information content (AvgIpc) is 2.28. The van der Waals surface area contributed by atoms with Gasteiger partial charge in [0.1, 0.15) is 0 Å². The number of nitrogens with zero attached hydrogens (tertiary/aromatic N) is 1. The number of amides is 1. The lowest BCUT2D eigenvalue weighted by atomic mass is 10.1. The Morgan fingerprint density at radius 3 is 3.00 bits per heavy atom. The molecule has 1 aromatic carbocycles. The molecule has 1 heterocycles. The largest absolute Gasteiger partial charge is 0.399 e. The van der Waals surface area contributed by atoms with Crippen LogP contribution in [0.15, 0.2) is 24.3 Å². The number of hydrogen-bond donors (Lipinski definition) is 1. The maximum atomic E-state index is 11.8. The van der Waals surface area contributed by atoms with Crippen LogP contribution in [0.4, 0.5) is 5.69 Å². The van der Waals surface area contributed by atoms with Crippen molar-refractivity contribution < 1.29 is 4.79 Å². The van der Waals surface area contributed by atoms with E-state index in [1.54, 1.807) is 16.8 Å². The van der Waals surface area contributed by atoms with Crippen molar-refractivity contribution in [3.05, 3.63) is 35.4 Å². The van der Waals surface area contributed by atoms with Gasteiger partial charge in [-0.05, 0) is 33.2 Å². The summed E-state index contributed by atoms with van der Waals surface area (Å²) in [5.41, 5.74) is 7.91. The molecule has 0 saturated heterocycles. The quantitative estimate of drug-likeness (QED) is 0.516. The van der Waals surface area contributed by atoms with Crippen LogP contribution in [-0.4, -0.2) is 17.1 Å². The highest BCUT2D eigenvalue weighted by molar-refractivity contribution is 7.14. The van der Waals surface area contributed by atoms with E-state index >= 15 is 0 Å². The average molecular weight is 206 g/mol. The van der Waals surface area contributed by atoms with Crippen LogP contribution in [-0.2, 0) is 0 Å². The highest BCUT2D eigenvalue weighted by Gasteiger charge is 2.16. The van der Waals surface area contributed by atoms with Crippen LogP contribution in [0.5, 0.6) is 0 Å². The first kappa shape index (κ1) is 9.22. The standard InChI is InChI=1S/C10H11N2OP/c11-8-3-4-9-7(6-8)2-1-5-12(14)10(9)13/h1-4,6H,5,11,14H2. The van der Waals surface area contributed by atoms with Crippen molar-refractivity contribution >= 4 is 27.1 Å². The van der Waals surface area contributed by atoms with Gasteiger partial charge in [0.25, 0.3) is 5.91 Å². The molecule has 0 spiro atoms. The van der Waals surface area contributed by atoms with E-state index in [0.29, 0.717) is 17.8 Å². The Hall–Kier alpha value is -1.34. The second-order valence-corrected chi connectivity index (χ2v) is 3.83. The summed E-state index contributed by atoms with van der Waals surface area (Å²) in [6.07, 6.45) is 3.86. The number of carbonyl (C=O) groups is 1. The maximum absolute atomic E-state index is 11.8. The van der Waals surface area contributed by atoms with E-state index in [1.807, 2.05) is 18.2 Å². The summed E-state index contributed by atoms with van der Waals surface area (Å²) in [5, 5.41) is 0. The van der Waals surface area contributed by atoms with E-state index in [1.165, 1.54) is 0 Å². The first-order valence-corrected chi connectivity index (χ1v) is 4.83. The fourth-order valence-corrected chi connectivity index (χ4v) is 1.71. The molecule has 0 radical (unpaired) electrons. The SMILES string of the molecule is Nc1ccc2c(c1)C=CCN(P)C2=O. The minimum Gasteiger partial charge on any atom is -0.399 e. The normalized spacial score (nSPS) is 15.2. The Bertz CT molecular complexity index is 415. The molecule has 0 fully saturated rings. The van der Waals surface area contributed by atoms with Crippen LogP contribution in [0, 0.1) is 0 Å². The molecule has 1 aromatic rings. The topological polar surface area (TPSA) is 46.3 Å².